The molecule has 19 heavy (non-hydrogen) atoms. The van der Waals surface area contributed by atoms with E-state index in [0.29, 0.717) is 35.8 Å². The molecular formula is C14H15ClN2O2. The Bertz CT molecular complexity index is 528. The molecule has 0 aromatic heterocycles. The Balaban J connectivity index is 2.34. The Kier molecular flexibility index (Phi) is 4.22. The fraction of sp³-hybridized carbons (Fsp3) is 0.286. The number of hydrogen-bond donors (Lipinski definition) is 1. The summed E-state index contributed by atoms with van der Waals surface area (Å²) in [5, 5.41) is 3.22. The first kappa shape index (κ1) is 13.6. The highest BCUT2D eigenvalue weighted by Gasteiger charge is 2.25. The Morgan fingerprint density at radius 2 is 2.32 bits per heavy atom. The van der Waals surface area contributed by atoms with E-state index in [1.807, 2.05) is 0 Å². The second-order valence-corrected chi connectivity index (χ2v) is 4.75. The number of benzene rings is 1. The molecule has 5 heteroatoms. The molecule has 0 bridgehead atoms. The molecule has 1 aliphatic heterocycles. The molecule has 0 atom stereocenters. The van der Waals surface area contributed by atoms with Gasteiger partial charge in [0.25, 0.3) is 5.91 Å². The van der Waals surface area contributed by atoms with Crippen LogP contribution in [0.5, 0.6) is 0 Å². The molecule has 1 aliphatic rings. The summed E-state index contributed by atoms with van der Waals surface area (Å²) in [4.78, 5) is 25.5. The van der Waals surface area contributed by atoms with Crippen LogP contribution >= 0.6 is 11.6 Å². The van der Waals surface area contributed by atoms with E-state index in [0.717, 1.165) is 6.42 Å². The molecule has 1 saturated heterocycles. The number of nitrogens with zero attached hydrogens (tertiary/aromatic N) is 1. The molecule has 4 nitrogen and oxygen atoms in total. The lowest BCUT2D eigenvalue weighted by molar-refractivity contribution is -0.117. The molecule has 0 saturated carbocycles. The lowest BCUT2D eigenvalue weighted by Gasteiger charge is -2.19. The highest BCUT2D eigenvalue weighted by Crippen LogP contribution is 2.28. The van der Waals surface area contributed by atoms with Crippen molar-refractivity contribution in [2.75, 3.05) is 18.0 Å². The lowest BCUT2D eigenvalue weighted by atomic mass is 10.1. The van der Waals surface area contributed by atoms with Crippen molar-refractivity contribution < 1.29 is 9.59 Å². The zero-order chi connectivity index (χ0) is 13.8. The number of halogens is 1. The Morgan fingerprint density at radius 3 is 2.95 bits per heavy atom. The van der Waals surface area contributed by atoms with E-state index in [2.05, 4.69) is 11.9 Å². The standard InChI is InChI=1S/C14H15ClN2O2/c1-2-7-16-14(19)11-6-5-10(15)9-12(11)17-8-3-4-13(17)18/h2,5-6,9H,1,3-4,7-8H2,(H,16,19). The van der Waals surface area contributed by atoms with E-state index in [9.17, 15) is 9.59 Å². The largest absolute Gasteiger partial charge is 0.349 e. The summed E-state index contributed by atoms with van der Waals surface area (Å²) in [6, 6.07) is 4.95. The van der Waals surface area contributed by atoms with Gasteiger partial charge in [0, 0.05) is 24.5 Å². The molecule has 100 valence electrons. The topological polar surface area (TPSA) is 49.4 Å². The molecule has 2 amide bonds. The first-order valence-corrected chi connectivity index (χ1v) is 6.50. The summed E-state index contributed by atoms with van der Waals surface area (Å²) in [6.45, 7) is 4.56. The van der Waals surface area contributed by atoms with Crippen LogP contribution in [0.4, 0.5) is 5.69 Å². The molecule has 0 radical (unpaired) electrons. The first-order chi connectivity index (χ1) is 9.13. The van der Waals surface area contributed by atoms with E-state index in [1.165, 1.54) is 0 Å². The van der Waals surface area contributed by atoms with Crippen LogP contribution in [0.15, 0.2) is 30.9 Å². The zero-order valence-electron chi connectivity index (χ0n) is 10.5. The van der Waals surface area contributed by atoms with Crippen molar-refractivity contribution in [3.8, 4) is 0 Å². The van der Waals surface area contributed by atoms with Crippen molar-refractivity contribution in [3.05, 3.63) is 41.4 Å². The fourth-order valence-electron chi connectivity index (χ4n) is 2.08. The van der Waals surface area contributed by atoms with Crippen molar-refractivity contribution in [1.82, 2.24) is 5.32 Å². The normalized spacial score (nSPS) is 14.6. The maximum Gasteiger partial charge on any atom is 0.253 e. The van der Waals surface area contributed by atoms with Gasteiger partial charge in [0.1, 0.15) is 0 Å². The average molecular weight is 279 g/mol. The minimum atomic E-state index is -0.230. The number of anilines is 1. The predicted octanol–water partition coefficient (Wildman–Crippen LogP) is 2.38. The van der Waals surface area contributed by atoms with Gasteiger partial charge in [0.2, 0.25) is 5.91 Å². The summed E-state index contributed by atoms with van der Waals surface area (Å²) < 4.78 is 0. The molecule has 1 heterocycles. The molecule has 1 aromatic rings. The number of amides is 2. The summed E-state index contributed by atoms with van der Waals surface area (Å²) >= 11 is 5.97. The SMILES string of the molecule is C=CCNC(=O)c1ccc(Cl)cc1N1CCCC1=O. The second-order valence-electron chi connectivity index (χ2n) is 4.31. The number of rotatable bonds is 4. The maximum absolute atomic E-state index is 12.1. The van der Waals surface area contributed by atoms with Crippen molar-refractivity contribution in [2.24, 2.45) is 0 Å². The summed E-state index contributed by atoms with van der Waals surface area (Å²) in [5.74, 6) is -0.202. The third-order valence-electron chi connectivity index (χ3n) is 2.98. The molecule has 2 rings (SSSR count). The highest BCUT2D eigenvalue weighted by atomic mass is 35.5. The second kappa shape index (κ2) is 5.89. The lowest BCUT2D eigenvalue weighted by Crippen LogP contribution is -2.29. The average Bonchev–Trinajstić information content (AvgIpc) is 2.82. The monoisotopic (exact) mass is 278 g/mol. The van der Waals surface area contributed by atoms with Crippen LogP contribution in [0.2, 0.25) is 5.02 Å². The van der Waals surface area contributed by atoms with E-state index in [-0.39, 0.29) is 11.8 Å². The van der Waals surface area contributed by atoms with Crippen LogP contribution in [-0.4, -0.2) is 24.9 Å². The summed E-state index contributed by atoms with van der Waals surface area (Å²) in [5.41, 5.74) is 1.04. The Hall–Kier alpha value is -1.81. The van der Waals surface area contributed by atoms with Crippen LogP contribution in [-0.2, 0) is 4.79 Å². The van der Waals surface area contributed by atoms with Gasteiger partial charge >= 0.3 is 0 Å². The number of carbonyl (C=O) groups excluding carboxylic acids is 2. The van der Waals surface area contributed by atoms with Gasteiger partial charge in [-0.25, -0.2) is 0 Å². The van der Waals surface area contributed by atoms with Gasteiger partial charge in [-0.1, -0.05) is 17.7 Å². The first-order valence-electron chi connectivity index (χ1n) is 6.12. The van der Waals surface area contributed by atoms with Gasteiger partial charge in [0.05, 0.1) is 11.3 Å². The van der Waals surface area contributed by atoms with Gasteiger partial charge < -0.3 is 10.2 Å². The highest BCUT2D eigenvalue weighted by molar-refractivity contribution is 6.31. The molecule has 1 aromatic carbocycles. The fourth-order valence-corrected chi connectivity index (χ4v) is 2.25. The van der Waals surface area contributed by atoms with Gasteiger partial charge in [-0.2, -0.15) is 0 Å². The van der Waals surface area contributed by atoms with Crippen LogP contribution in [0.1, 0.15) is 23.2 Å². The van der Waals surface area contributed by atoms with Crippen molar-refractivity contribution in [3.63, 3.8) is 0 Å². The van der Waals surface area contributed by atoms with E-state index < -0.39 is 0 Å². The third kappa shape index (κ3) is 2.96. The zero-order valence-corrected chi connectivity index (χ0v) is 11.2. The van der Waals surface area contributed by atoms with Crippen LogP contribution in [0.3, 0.4) is 0 Å². The number of hydrogen-bond acceptors (Lipinski definition) is 2. The van der Waals surface area contributed by atoms with E-state index >= 15 is 0 Å². The molecule has 1 N–H and O–H groups in total. The molecule has 0 spiro atoms. The van der Waals surface area contributed by atoms with Gasteiger partial charge in [-0.05, 0) is 24.6 Å². The maximum atomic E-state index is 12.1. The Morgan fingerprint density at radius 1 is 1.53 bits per heavy atom. The number of carbonyl (C=O) groups is 2. The van der Waals surface area contributed by atoms with Crippen LogP contribution in [0, 0.1) is 0 Å². The third-order valence-corrected chi connectivity index (χ3v) is 3.21. The van der Waals surface area contributed by atoms with Crippen LogP contribution < -0.4 is 10.2 Å². The minimum absolute atomic E-state index is 0.0278. The van der Waals surface area contributed by atoms with Crippen molar-refractivity contribution >= 4 is 29.1 Å². The number of nitrogens with one attached hydrogen (secondary N) is 1. The summed E-state index contributed by atoms with van der Waals surface area (Å²) in [6.07, 6.45) is 2.92. The van der Waals surface area contributed by atoms with Crippen molar-refractivity contribution in [2.45, 2.75) is 12.8 Å². The van der Waals surface area contributed by atoms with Gasteiger partial charge in [-0.15, -0.1) is 6.58 Å². The molecule has 1 fully saturated rings. The smallest absolute Gasteiger partial charge is 0.253 e. The Labute approximate surface area is 117 Å². The molecule has 0 aliphatic carbocycles. The van der Waals surface area contributed by atoms with E-state index in [4.69, 9.17) is 11.6 Å². The molecule has 0 unspecified atom stereocenters. The molecular weight excluding hydrogens is 264 g/mol. The van der Waals surface area contributed by atoms with E-state index in [1.54, 1.807) is 29.2 Å². The van der Waals surface area contributed by atoms with Crippen molar-refractivity contribution in [1.29, 1.82) is 0 Å². The predicted molar refractivity (Wildman–Crippen MR) is 75.6 cm³/mol. The quantitative estimate of drug-likeness (QED) is 0.860. The van der Waals surface area contributed by atoms with Gasteiger partial charge in [-0.3, -0.25) is 9.59 Å². The van der Waals surface area contributed by atoms with Gasteiger partial charge in [0.15, 0.2) is 0 Å². The van der Waals surface area contributed by atoms with Crippen LogP contribution in [0.25, 0.3) is 0 Å². The summed E-state index contributed by atoms with van der Waals surface area (Å²) in [7, 11) is 0. The minimum Gasteiger partial charge on any atom is -0.349 e.